The largest absolute Gasteiger partial charge is 0.356 e. The first-order valence-corrected chi connectivity index (χ1v) is 11.0. The van der Waals surface area contributed by atoms with Crippen molar-refractivity contribution in [1.82, 2.24) is 9.97 Å². The van der Waals surface area contributed by atoms with Crippen LogP contribution in [0.25, 0.3) is 17.5 Å². The molecule has 1 fully saturated rings. The molecule has 0 radical (unpaired) electrons. The second kappa shape index (κ2) is 8.34. The molecule has 2 heterocycles. The molecule has 0 unspecified atom stereocenters. The molecule has 3 aromatic rings. The molecule has 1 aliphatic heterocycles. The van der Waals surface area contributed by atoms with Crippen LogP contribution in [0.4, 0.5) is 11.5 Å². The molecule has 31 heavy (non-hydrogen) atoms. The topological polar surface area (TPSA) is 58.1 Å². The number of benzene rings is 2. The van der Waals surface area contributed by atoms with Gasteiger partial charge in [0.25, 0.3) is 5.91 Å². The van der Waals surface area contributed by atoms with Gasteiger partial charge in [-0.05, 0) is 68.5 Å². The van der Waals surface area contributed by atoms with Gasteiger partial charge in [0.2, 0.25) is 0 Å². The number of aryl methyl sites for hydroxylation is 1. The van der Waals surface area contributed by atoms with E-state index < -0.39 is 0 Å². The molecule has 0 saturated carbocycles. The minimum Gasteiger partial charge on any atom is -0.356 e. The molecule has 1 saturated heterocycles. The van der Waals surface area contributed by atoms with Gasteiger partial charge in [0.1, 0.15) is 5.82 Å². The zero-order valence-corrected chi connectivity index (χ0v) is 17.8. The summed E-state index contributed by atoms with van der Waals surface area (Å²) in [7, 11) is 0. The standard InChI is InChI=1S/C26H26N4O/c1-18-8-5-11-21(16-18)27-26(31)20-10-6-9-19(17-20)24-28-23-13-7-12-22(23)25(29-24)30-14-3-2-4-15-30/h5-11,13,16-17H,2-4,12,14-15H2,1H3,(H,27,31). The predicted octanol–water partition coefficient (Wildman–Crippen LogP) is 5.26. The molecule has 0 atom stereocenters. The Balaban J connectivity index is 1.46. The van der Waals surface area contributed by atoms with E-state index in [1.54, 1.807) is 0 Å². The second-order valence-corrected chi connectivity index (χ2v) is 8.29. The summed E-state index contributed by atoms with van der Waals surface area (Å²) in [6, 6.07) is 15.4. The van der Waals surface area contributed by atoms with E-state index in [9.17, 15) is 4.79 Å². The van der Waals surface area contributed by atoms with E-state index in [0.717, 1.165) is 47.8 Å². The summed E-state index contributed by atoms with van der Waals surface area (Å²) in [5.41, 5.74) is 5.58. The van der Waals surface area contributed by atoms with Gasteiger partial charge in [-0.25, -0.2) is 9.97 Å². The van der Waals surface area contributed by atoms with Crippen molar-refractivity contribution in [2.45, 2.75) is 32.6 Å². The number of piperidine rings is 1. The van der Waals surface area contributed by atoms with Crippen LogP contribution in [0.15, 0.2) is 54.6 Å². The molecule has 5 heteroatoms. The van der Waals surface area contributed by atoms with Crippen molar-refractivity contribution in [1.29, 1.82) is 0 Å². The number of rotatable bonds is 4. The zero-order valence-electron chi connectivity index (χ0n) is 17.8. The normalized spacial score (nSPS) is 15.1. The van der Waals surface area contributed by atoms with Crippen LogP contribution >= 0.6 is 0 Å². The minimum atomic E-state index is -0.134. The van der Waals surface area contributed by atoms with Crippen LogP contribution in [0.3, 0.4) is 0 Å². The summed E-state index contributed by atoms with van der Waals surface area (Å²) in [6.45, 7) is 4.10. The summed E-state index contributed by atoms with van der Waals surface area (Å²) in [4.78, 5) is 25.0. The smallest absolute Gasteiger partial charge is 0.255 e. The molecular weight excluding hydrogens is 384 g/mol. The lowest BCUT2D eigenvalue weighted by Crippen LogP contribution is -2.31. The van der Waals surface area contributed by atoms with E-state index in [0.29, 0.717) is 11.4 Å². The molecule has 1 amide bonds. The summed E-state index contributed by atoms with van der Waals surface area (Å²) < 4.78 is 0. The number of amides is 1. The molecule has 1 N–H and O–H groups in total. The third-order valence-electron chi connectivity index (χ3n) is 5.93. The minimum absolute atomic E-state index is 0.134. The second-order valence-electron chi connectivity index (χ2n) is 8.29. The van der Waals surface area contributed by atoms with E-state index in [2.05, 4.69) is 22.4 Å². The van der Waals surface area contributed by atoms with Crippen LogP contribution in [0.1, 0.15) is 46.4 Å². The maximum absolute atomic E-state index is 12.8. The summed E-state index contributed by atoms with van der Waals surface area (Å²) in [5, 5.41) is 2.98. The van der Waals surface area contributed by atoms with Crippen LogP contribution in [-0.2, 0) is 6.42 Å². The Morgan fingerprint density at radius 2 is 1.84 bits per heavy atom. The van der Waals surface area contributed by atoms with Gasteiger partial charge >= 0.3 is 0 Å². The predicted molar refractivity (Wildman–Crippen MR) is 125 cm³/mol. The number of hydrogen-bond acceptors (Lipinski definition) is 4. The lowest BCUT2D eigenvalue weighted by atomic mass is 10.1. The van der Waals surface area contributed by atoms with Crippen molar-refractivity contribution in [3.63, 3.8) is 0 Å². The number of nitrogens with zero attached hydrogens (tertiary/aromatic N) is 3. The fourth-order valence-electron chi connectivity index (χ4n) is 4.33. The number of anilines is 2. The Bertz CT molecular complexity index is 1160. The monoisotopic (exact) mass is 410 g/mol. The van der Waals surface area contributed by atoms with Crippen LogP contribution in [0, 0.1) is 6.92 Å². The first kappa shape index (κ1) is 19.5. The van der Waals surface area contributed by atoms with Crippen LogP contribution in [0.2, 0.25) is 0 Å². The van der Waals surface area contributed by atoms with E-state index >= 15 is 0 Å². The molecule has 1 aliphatic carbocycles. The average molecular weight is 411 g/mol. The van der Waals surface area contributed by atoms with Gasteiger partial charge < -0.3 is 10.2 Å². The highest BCUT2D eigenvalue weighted by Crippen LogP contribution is 2.31. The molecule has 0 spiro atoms. The summed E-state index contributed by atoms with van der Waals surface area (Å²) in [6.07, 6.45) is 8.82. The number of hydrogen-bond donors (Lipinski definition) is 1. The molecule has 5 rings (SSSR count). The first-order chi connectivity index (χ1) is 15.2. The van der Waals surface area contributed by atoms with Gasteiger partial charge in [-0.3, -0.25) is 4.79 Å². The molecule has 1 aromatic heterocycles. The van der Waals surface area contributed by atoms with Crippen molar-refractivity contribution in [2.24, 2.45) is 0 Å². The Kier molecular flexibility index (Phi) is 5.24. The molecule has 5 nitrogen and oxygen atoms in total. The highest BCUT2D eigenvalue weighted by Gasteiger charge is 2.22. The van der Waals surface area contributed by atoms with E-state index in [4.69, 9.17) is 9.97 Å². The number of carbonyl (C=O) groups excluding carboxylic acids is 1. The number of fused-ring (bicyclic) bond motifs is 1. The Labute approximate surface area is 182 Å². The Hall–Kier alpha value is -3.47. The van der Waals surface area contributed by atoms with Crippen molar-refractivity contribution < 1.29 is 4.79 Å². The third-order valence-corrected chi connectivity index (χ3v) is 5.93. The quantitative estimate of drug-likeness (QED) is 0.637. The van der Waals surface area contributed by atoms with E-state index in [1.807, 2.05) is 55.5 Å². The Morgan fingerprint density at radius 1 is 1.00 bits per heavy atom. The first-order valence-electron chi connectivity index (χ1n) is 11.0. The van der Waals surface area contributed by atoms with Gasteiger partial charge in [0.15, 0.2) is 5.82 Å². The Morgan fingerprint density at radius 3 is 2.68 bits per heavy atom. The number of nitrogens with one attached hydrogen (secondary N) is 1. The maximum atomic E-state index is 12.8. The van der Waals surface area contributed by atoms with Gasteiger partial charge in [-0.2, -0.15) is 0 Å². The molecular formula is C26H26N4O. The van der Waals surface area contributed by atoms with Crippen LogP contribution in [0.5, 0.6) is 0 Å². The van der Waals surface area contributed by atoms with Gasteiger partial charge in [-0.15, -0.1) is 0 Å². The molecule has 156 valence electrons. The summed E-state index contributed by atoms with van der Waals surface area (Å²) in [5.74, 6) is 1.60. The van der Waals surface area contributed by atoms with Crippen molar-refractivity contribution in [3.8, 4) is 11.4 Å². The van der Waals surface area contributed by atoms with Crippen molar-refractivity contribution >= 4 is 23.5 Å². The van der Waals surface area contributed by atoms with Gasteiger partial charge in [-0.1, -0.05) is 30.3 Å². The lowest BCUT2D eigenvalue weighted by Gasteiger charge is -2.29. The fourth-order valence-corrected chi connectivity index (χ4v) is 4.33. The average Bonchev–Trinajstić information content (AvgIpc) is 3.28. The van der Waals surface area contributed by atoms with Crippen LogP contribution < -0.4 is 10.2 Å². The maximum Gasteiger partial charge on any atom is 0.255 e. The number of carbonyl (C=O) groups is 1. The molecule has 2 aromatic carbocycles. The van der Waals surface area contributed by atoms with E-state index in [-0.39, 0.29) is 5.91 Å². The number of allylic oxidation sites excluding steroid dienone is 1. The van der Waals surface area contributed by atoms with Crippen molar-refractivity contribution in [3.05, 3.63) is 77.0 Å². The molecule has 0 bridgehead atoms. The van der Waals surface area contributed by atoms with Gasteiger partial charge in [0.05, 0.1) is 5.69 Å². The summed E-state index contributed by atoms with van der Waals surface area (Å²) >= 11 is 0. The fraction of sp³-hybridized carbons (Fsp3) is 0.269. The third kappa shape index (κ3) is 4.08. The number of aromatic nitrogens is 2. The van der Waals surface area contributed by atoms with Crippen LogP contribution in [-0.4, -0.2) is 29.0 Å². The molecule has 2 aliphatic rings. The lowest BCUT2D eigenvalue weighted by molar-refractivity contribution is 0.102. The van der Waals surface area contributed by atoms with E-state index in [1.165, 1.54) is 24.8 Å². The van der Waals surface area contributed by atoms with Crippen molar-refractivity contribution in [2.75, 3.05) is 23.3 Å². The van der Waals surface area contributed by atoms with Gasteiger partial charge in [0, 0.05) is 35.5 Å². The SMILES string of the molecule is Cc1cccc(NC(=O)c2cccc(-c3nc4c(c(N5CCCCC5)n3)CC=C4)c2)c1. The highest BCUT2D eigenvalue weighted by molar-refractivity contribution is 6.04. The highest BCUT2D eigenvalue weighted by atomic mass is 16.1. The zero-order chi connectivity index (χ0) is 21.2.